The number of pyridine rings is 1. The monoisotopic (exact) mass is 433 g/mol. The molecule has 3 nitrogen and oxygen atoms in total. The molecule has 1 aliphatic rings. The largest absolute Gasteiger partial charge is 0.324 e. The maximum absolute atomic E-state index is 5.30. The third-order valence-electron chi connectivity index (χ3n) is 6.54. The highest BCUT2D eigenvalue weighted by Gasteiger charge is 2.30. The maximum Gasteiger partial charge on any atom is 0.136 e. The van der Waals surface area contributed by atoms with Crippen molar-refractivity contribution < 1.29 is 0 Å². The van der Waals surface area contributed by atoms with Crippen molar-refractivity contribution in [3.05, 3.63) is 96.1 Å². The summed E-state index contributed by atoms with van der Waals surface area (Å²) < 4.78 is 0. The van der Waals surface area contributed by atoms with Crippen molar-refractivity contribution in [2.75, 3.05) is 11.4 Å². The lowest BCUT2D eigenvalue weighted by Gasteiger charge is -2.25. The molecule has 0 radical (unpaired) electrons. The van der Waals surface area contributed by atoms with Gasteiger partial charge >= 0.3 is 0 Å². The number of benzene rings is 3. The number of anilines is 1. The molecular weight excluding hydrogens is 402 g/mol. The summed E-state index contributed by atoms with van der Waals surface area (Å²) in [6.45, 7) is 5.41. The van der Waals surface area contributed by atoms with Gasteiger partial charge in [-0.15, -0.1) is 0 Å². The predicted octanol–water partition coefficient (Wildman–Crippen LogP) is 7.29. The molecule has 0 amide bonds. The average Bonchev–Trinajstić information content (AvgIpc) is 3.32. The van der Waals surface area contributed by atoms with Gasteiger partial charge in [-0.1, -0.05) is 87.0 Å². The normalized spacial score (nSPS) is 15.8. The van der Waals surface area contributed by atoms with Crippen LogP contribution in [-0.4, -0.2) is 23.4 Å². The summed E-state index contributed by atoms with van der Waals surface area (Å²) in [6, 6.07) is 30.2. The Labute approximate surface area is 196 Å². The van der Waals surface area contributed by atoms with Crippen molar-refractivity contribution >= 4 is 22.4 Å². The molecule has 0 aliphatic carbocycles. The van der Waals surface area contributed by atoms with E-state index in [1.165, 1.54) is 27.8 Å². The first-order valence-corrected chi connectivity index (χ1v) is 12.2. The Morgan fingerprint density at radius 3 is 2.27 bits per heavy atom. The van der Waals surface area contributed by atoms with Crippen LogP contribution in [0.25, 0.3) is 22.2 Å². The molecule has 4 aromatic rings. The van der Waals surface area contributed by atoms with Crippen LogP contribution in [-0.2, 0) is 6.42 Å². The van der Waals surface area contributed by atoms with Gasteiger partial charge in [0.25, 0.3) is 0 Å². The average molecular weight is 434 g/mol. The number of amidine groups is 1. The summed E-state index contributed by atoms with van der Waals surface area (Å²) in [5.74, 6) is 1.09. The molecule has 0 saturated carbocycles. The molecule has 1 aliphatic heterocycles. The van der Waals surface area contributed by atoms with Gasteiger partial charge in [0, 0.05) is 28.7 Å². The van der Waals surface area contributed by atoms with Gasteiger partial charge in [-0.05, 0) is 43.0 Å². The first-order valence-electron chi connectivity index (χ1n) is 12.2. The van der Waals surface area contributed by atoms with E-state index in [1.807, 2.05) is 0 Å². The Balaban J connectivity index is 1.80. The van der Waals surface area contributed by atoms with Gasteiger partial charge in [0.2, 0.25) is 0 Å². The Bertz CT molecular complexity index is 1260. The van der Waals surface area contributed by atoms with Crippen LogP contribution in [0.4, 0.5) is 5.69 Å². The molecule has 1 atom stereocenters. The SMILES string of the molecule is CCCCc1c(-c2ccccc2)nc2ccccc2c1C1=NC(CC)CN1c1ccccc1. The molecule has 33 heavy (non-hydrogen) atoms. The zero-order valence-electron chi connectivity index (χ0n) is 19.5. The van der Waals surface area contributed by atoms with Crippen LogP contribution in [0.3, 0.4) is 0 Å². The number of unbranched alkanes of at least 4 members (excludes halogenated alkanes) is 1. The van der Waals surface area contributed by atoms with Crippen LogP contribution in [0.5, 0.6) is 0 Å². The van der Waals surface area contributed by atoms with Gasteiger partial charge in [-0.25, -0.2) is 4.98 Å². The second-order valence-electron chi connectivity index (χ2n) is 8.76. The lowest BCUT2D eigenvalue weighted by molar-refractivity contribution is 0.693. The standard InChI is InChI=1S/C30H31N3/c1-3-5-18-26-28(30-31-23(4-2)21-33(30)24-16-10-7-11-17-24)25-19-12-13-20-27(25)32-29(26)22-14-8-6-9-15-22/h6-17,19-20,23H,3-5,18,21H2,1-2H3. The number of hydrogen-bond donors (Lipinski definition) is 0. The number of rotatable bonds is 7. The van der Waals surface area contributed by atoms with Crippen LogP contribution < -0.4 is 4.90 Å². The number of nitrogens with zero attached hydrogens (tertiary/aromatic N) is 3. The van der Waals surface area contributed by atoms with Crippen LogP contribution in [0.2, 0.25) is 0 Å². The Morgan fingerprint density at radius 2 is 1.55 bits per heavy atom. The van der Waals surface area contributed by atoms with Gasteiger partial charge in [0.1, 0.15) is 5.84 Å². The van der Waals surface area contributed by atoms with Crippen molar-refractivity contribution in [3.8, 4) is 11.3 Å². The van der Waals surface area contributed by atoms with Crippen LogP contribution in [0, 0.1) is 0 Å². The fourth-order valence-corrected chi connectivity index (χ4v) is 4.77. The zero-order valence-corrected chi connectivity index (χ0v) is 19.5. The number of para-hydroxylation sites is 2. The summed E-state index contributed by atoms with van der Waals surface area (Å²) in [4.78, 5) is 12.9. The van der Waals surface area contributed by atoms with E-state index >= 15 is 0 Å². The topological polar surface area (TPSA) is 28.5 Å². The second-order valence-corrected chi connectivity index (χ2v) is 8.76. The zero-order chi connectivity index (χ0) is 22.6. The minimum atomic E-state index is 0.298. The first kappa shape index (κ1) is 21.4. The maximum atomic E-state index is 5.30. The van der Waals surface area contributed by atoms with Crippen molar-refractivity contribution in [3.63, 3.8) is 0 Å². The lowest BCUT2D eigenvalue weighted by Crippen LogP contribution is -2.30. The minimum Gasteiger partial charge on any atom is -0.324 e. The Kier molecular flexibility index (Phi) is 6.21. The van der Waals surface area contributed by atoms with Crippen molar-refractivity contribution in [2.24, 2.45) is 4.99 Å². The lowest BCUT2D eigenvalue weighted by atomic mass is 9.92. The van der Waals surface area contributed by atoms with Crippen LogP contribution in [0.15, 0.2) is 89.9 Å². The minimum absolute atomic E-state index is 0.298. The first-order chi connectivity index (χ1) is 16.3. The molecule has 1 aromatic heterocycles. The van der Waals surface area contributed by atoms with Crippen LogP contribution in [0.1, 0.15) is 44.2 Å². The highest BCUT2D eigenvalue weighted by atomic mass is 15.3. The van der Waals surface area contributed by atoms with Crippen molar-refractivity contribution in [1.29, 1.82) is 0 Å². The van der Waals surface area contributed by atoms with E-state index in [9.17, 15) is 0 Å². The number of fused-ring (bicyclic) bond motifs is 1. The van der Waals surface area contributed by atoms with E-state index in [0.29, 0.717) is 6.04 Å². The van der Waals surface area contributed by atoms with E-state index in [1.54, 1.807) is 0 Å². The Morgan fingerprint density at radius 1 is 0.848 bits per heavy atom. The fraction of sp³-hybridized carbons (Fsp3) is 0.267. The van der Waals surface area contributed by atoms with E-state index in [4.69, 9.17) is 9.98 Å². The third kappa shape index (κ3) is 4.16. The van der Waals surface area contributed by atoms with Crippen LogP contribution >= 0.6 is 0 Å². The summed E-state index contributed by atoms with van der Waals surface area (Å²) in [5.41, 5.74) is 7.07. The van der Waals surface area contributed by atoms with Crippen molar-refractivity contribution in [2.45, 2.75) is 45.6 Å². The quantitative estimate of drug-likeness (QED) is 0.306. The van der Waals surface area contributed by atoms with Gasteiger partial charge < -0.3 is 4.90 Å². The summed E-state index contributed by atoms with van der Waals surface area (Å²) in [6.07, 6.45) is 4.30. The fourth-order valence-electron chi connectivity index (χ4n) is 4.77. The van der Waals surface area contributed by atoms with E-state index in [-0.39, 0.29) is 0 Å². The molecule has 0 bridgehead atoms. The van der Waals surface area contributed by atoms with E-state index < -0.39 is 0 Å². The molecule has 1 unspecified atom stereocenters. The second kappa shape index (κ2) is 9.58. The van der Waals surface area contributed by atoms with Gasteiger partial charge in [0.05, 0.1) is 17.3 Å². The van der Waals surface area contributed by atoms with Crippen molar-refractivity contribution in [1.82, 2.24) is 4.98 Å². The van der Waals surface area contributed by atoms with Gasteiger partial charge in [0.15, 0.2) is 0 Å². The number of aromatic nitrogens is 1. The molecule has 0 spiro atoms. The highest BCUT2D eigenvalue weighted by molar-refractivity contribution is 6.19. The molecule has 0 fully saturated rings. The van der Waals surface area contributed by atoms with Gasteiger partial charge in [-0.2, -0.15) is 0 Å². The Hall–Kier alpha value is -3.46. The highest BCUT2D eigenvalue weighted by Crippen LogP contribution is 2.35. The predicted molar refractivity (Wildman–Crippen MR) is 140 cm³/mol. The summed E-state index contributed by atoms with van der Waals surface area (Å²) in [7, 11) is 0. The van der Waals surface area contributed by atoms with E-state index in [2.05, 4.69) is 104 Å². The third-order valence-corrected chi connectivity index (χ3v) is 6.54. The summed E-state index contributed by atoms with van der Waals surface area (Å²) in [5, 5.41) is 1.19. The molecular formula is C30H31N3. The van der Waals surface area contributed by atoms with Gasteiger partial charge in [-0.3, -0.25) is 4.99 Å². The molecule has 0 N–H and O–H groups in total. The summed E-state index contributed by atoms with van der Waals surface area (Å²) >= 11 is 0. The molecule has 166 valence electrons. The molecule has 2 heterocycles. The number of aliphatic imine (C=N–C) groups is 1. The number of hydrogen-bond acceptors (Lipinski definition) is 3. The molecule has 5 rings (SSSR count). The molecule has 3 aromatic carbocycles. The van der Waals surface area contributed by atoms with E-state index in [0.717, 1.165) is 49.3 Å². The molecule has 3 heteroatoms. The smallest absolute Gasteiger partial charge is 0.136 e. The molecule has 0 saturated heterocycles.